The number of nitrogens with one attached hydrogen (secondary N) is 2. The van der Waals surface area contributed by atoms with Crippen molar-refractivity contribution in [1.29, 1.82) is 0 Å². The molecule has 0 unspecified atom stereocenters. The topological polar surface area (TPSA) is 97.0 Å². The average Bonchev–Trinajstić information content (AvgIpc) is 3.58. The van der Waals surface area contributed by atoms with Gasteiger partial charge >= 0.3 is 0 Å². The van der Waals surface area contributed by atoms with Crippen LogP contribution in [0.15, 0.2) is 60.7 Å². The van der Waals surface area contributed by atoms with Crippen LogP contribution in [0.2, 0.25) is 0 Å². The molecule has 2 N–H and O–H groups in total. The van der Waals surface area contributed by atoms with Crippen molar-refractivity contribution in [2.45, 2.75) is 69.9 Å². The molecule has 1 aliphatic carbocycles. The zero-order valence-electron chi connectivity index (χ0n) is 23.3. The van der Waals surface area contributed by atoms with Crippen molar-refractivity contribution in [3.63, 3.8) is 0 Å². The van der Waals surface area contributed by atoms with Crippen LogP contribution < -0.4 is 15.4 Å². The van der Waals surface area contributed by atoms with Gasteiger partial charge in [-0.05, 0) is 49.4 Å². The summed E-state index contributed by atoms with van der Waals surface area (Å²) in [6.45, 7) is 4.30. The number of amides is 3. The number of likely N-dealkylation sites (tertiary alicyclic amines) is 1. The molecule has 1 spiro atoms. The molecule has 0 aromatic heterocycles. The fourth-order valence-corrected chi connectivity index (χ4v) is 7.20. The van der Waals surface area contributed by atoms with Gasteiger partial charge in [-0.25, -0.2) is 0 Å². The van der Waals surface area contributed by atoms with Gasteiger partial charge in [-0.2, -0.15) is 0 Å². The van der Waals surface area contributed by atoms with Crippen molar-refractivity contribution in [3.05, 3.63) is 71.8 Å². The van der Waals surface area contributed by atoms with Gasteiger partial charge in [0.25, 0.3) is 0 Å². The number of anilines is 1. The van der Waals surface area contributed by atoms with Gasteiger partial charge in [-0.15, -0.1) is 0 Å². The molecule has 4 aliphatic rings. The molecule has 6 rings (SSSR count). The molecule has 2 bridgehead atoms. The fraction of sp³-hybridized carbons (Fsp3) is 0.469. The highest BCUT2D eigenvalue weighted by Gasteiger charge is 2.72. The van der Waals surface area contributed by atoms with E-state index in [1.54, 1.807) is 12.0 Å². The Morgan fingerprint density at radius 1 is 1.10 bits per heavy atom. The van der Waals surface area contributed by atoms with E-state index in [2.05, 4.69) is 17.6 Å². The molecule has 3 amide bonds. The molecule has 210 valence electrons. The van der Waals surface area contributed by atoms with Crippen LogP contribution in [0.3, 0.4) is 0 Å². The van der Waals surface area contributed by atoms with Gasteiger partial charge in [-0.1, -0.05) is 62.2 Å². The standard InChI is InChI=1S/C32H37N3O5/c1-19-9-8-12-22(17-19)33-29(36)26-25-15-16-32(40-25)27(26)31(38)35(18-21-11-5-7-14-24(21)39-3)28(32)30(37)34-23-13-6-4-10-20(23)2/h5,7-9,11-12,14-17,20,23,25-28H,4,6,10,13,18H2,1-3H3,(H,33,36)(H,34,37)/t20-,23+,25+,26+,27+,28-,32-/m0/s1. The first-order chi connectivity index (χ1) is 19.3. The van der Waals surface area contributed by atoms with Crippen molar-refractivity contribution < 1.29 is 23.9 Å². The number of hydrogen-bond acceptors (Lipinski definition) is 5. The van der Waals surface area contributed by atoms with Gasteiger partial charge < -0.3 is 25.0 Å². The molecular weight excluding hydrogens is 506 g/mol. The molecule has 8 heteroatoms. The number of hydrogen-bond donors (Lipinski definition) is 2. The first-order valence-electron chi connectivity index (χ1n) is 14.3. The average molecular weight is 544 g/mol. The van der Waals surface area contributed by atoms with Crippen LogP contribution in [-0.4, -0.2) is 53.5 Å². The number of rotatable bonds is 7. The highest BCUT2D eigenvalue weighted by Crippen LogP contribution is 2.55. The van der Waals surface area contributed by atoms with Gasteiger partial charge in [0.05, 0.1) is 31.6 Å². The Balaban J connectivity index is 1.35. The lowest BCUT2D eigenvalue weighted by molar-refractivity contribution is -0.142. The molecule has 2 aromatic carbocycles. The third kappa shape index (κ3) is 4.38. The first kappa shape index (κ1) is 26.6. The lowest BCUT2D eigenvalue weighted by Crippen LogP contribution is -2.57. The fourth-order valence-electron chi connectivity index (χ4n) is 7.20. The maximum absolute atomic E-state index is 14.3. The number of carbonyl (C=O) groups is 3. The molecule has 3 aliphatic heterocycles. The summed E-state index contributed by atoms with van der Waals surface area (Å²) in [5.74, 6) is -1.31. The molecule has 2 saturated heterocycles. The lowest BCUT2D eigenvalue weighted by Gasteiger charge is -2.36. The summed E-state index contributed by atoms with van der Waals surface area (Å²) >= 11 is 0. The van der Waals surface area contributed by atoms with Crippen LogP contribution in [0.4, 0.5) is 5.69 Å². The third-order valence-electron chi connectivity index (χ3n) is 9.18. The van der Waals surface area contributed by atoms with E-state index >= 15 is 0 Å². The minimum absolute atomic E-state index is 0.0444. The third-order valence-corrected chi connectivity index (χ3v) is 9.18. The van der Waals surface area contributed by atoms with E-state index in [1.807, 2.05) is 67.6 Å². The van der Waals surface area contributed by atoms with Crippen molar-refractivity contribution in [2.75, 3.05) is 12.4 Å². The molecule has 40 heavy (non-hydrogen) atoms. The zero-order valence-corrected chi connectivity index (χ0v) is 23.3. The minimum atomic E-state index is -1.21. The van der Waals surface area contributed by atoms with Crippen LogP contribution >= 0.6 is 0 Å². The number of carbonyl (C=O) groups excluding carboxylic acids is 3. The normalized spacial score (nSPS) is 32.2. The maximum Gasteiger partial charge on any atom is 0.246 e. The Bertz CT molecular complexity index is 1360. The second kappa shape index (κ2) is 10.4. The Morgan fingerprint density at radius 3 is 2.67 bits per heavy atom. The van der Waals surface area contributed by atoms with Gasteiger partial charge in [0.15, 0.2) is 0 Å². The van der Waals surface area contributed by atoms with E-state index < -0.39 is 29.6 Å². The molecular formula is C32H37N3O5. The molecule has 2 aromatic rings. The van der Waals surface area contributed by atoms with Crippen molar-refractivity contribution in [3.8, 4) is 5.75 Å². The van der Waals surface area contributed by atoms with Crippen LogP contribution in [0, 0.1) is 24.7 Å². The van der Waals surface area contributed by atoms with Crippen molar-refractivity contribution in [2.24, 2.45) is 17.8 Å². The quantitative estimate of drug-likeness (QED) is 0.515. The summed E-state index contributed by atoms with van der Waals surface area (Å²) in [6.07, 6.45) is 7.33. The minimum Gasteiger partial charge on any atom is -0.496 e. The molecule has 8 nitrogen and oxygen atoms in total. The predicted molar refractivity (Wildman–Crippen MR) is 150 cm³/mol. The Kier molecular flexibility index (Phi) is 6.90. The van der Waals surface area contributed by atoms with Crippen LogP contribution in [-0.2, 0) is 25.7 Å². The molecule has 3 fully saturated rings. The summed E-state index contributed by atoms with van der Waals surface area (Å²) in [5, 5.41) is 6.27. The van der Waals surface area contributed by atoms with E-state index in [0.717, 1.165) is 36.8 Å². The second-order valence-electron chi connectivity index (χ2n) is 11.7. The van der Waals surface area contributed by atoms with E-state index in [-0.39, 0.29) is 30.3 Å². The SMILES string of the molecule is COc1ccccc1CN1C(=O)[C@H]2[C@H](C(=O)Nc3cccc(C)c3)[C@H]3C=C[C@@]2(O3)[C@@H]1C(=O)N[C@@H]1CCCC[C@@H]1C. The number of methoxy groups -OCH3 is 1. The van der Waals surface area contributed by atoms with Crippen molar-refractivity contribution >= 4 is 23.4 Å². The Hall–Kier alpha value is -3.65. The van der Waals surface area contributed by atoms with E-state index in [4.69, 9.17) is 9.47 Å². The predicted octanol–water partition coefficient (Wildman–Crippen LogP) is 3.99. The zero-order chi connectivity index (χ0) is 28.0. The number of ether oxygens (including phenoxy) is 2. The summed E-state index contributed by atoms with van der Waals surface area (Å²) in [4.78, 5) is 43.7. The summed E-state index contributed by atoms with van der Waals surface area (Å²) in [6, 6.07) is 14.2. The largest absolute Gasteiger partial charge is 0.496 e. The number of nitrogens with zero attached hydrogens (tertiary/aromatic N) is 1. The number of aryl methyl sites for hydroxylation is 1. The summed E-state index contributed by atoms with van der Waals surface area (Å²) in [5.41, 5.74) is 1.27. The monoisotopic (exact) mass is 543 g/mol. The maximum atomic E-state index is 14.3. The lowest BCUT2D eigenvalue weighted by atomic mass is 9.74. The smallest absolute Gasteiger partial charge is 0.246 e. The second-order valence-corrected chi connectivity index (χ2v) is 11.7. The van der Waals surface area contributed by atoms with Gasteiger partial charge in [-0.3, -0.25) is 14.4 Å². The Morgan fingerprint density at radius 2 is 1.90 bits per heavy atom. The van der Waals surface area contributed by atoms with Crippen LogP contribution in [0.5, 0.6) is 5.75 Å². The molecule has 7 atom stereocenters. The number of fused-ring (bicyclic) bond motifs is 1. The van der Waals surface area contributed by atoms with E-state index in [0.29, 0.717) is 17.4 Å². The first-order valence-corrected chi connectivity index (χ1v) is 14.3. The van der Waals surface area contributed by atoms with Crippen LogP contribution in [0.25, 0.3) is 0 Å². The Labute approximate surface area is 235 Å². The molecule has 1 saturated carbocycles. The highest BCUT2D eigenvalue weighted by molar-refractivity contribution is 6.02. The molecule has 3 heterocycles. The number of para-hydroxylation sites is 1. The van der Waals surface area contributed by atoms with Gasteiger partial charge in [0.2, 0.25) is 17.7 Å². The van der Waals surface area contributed by atoms with Crippen molar-refractivity contribution in [1.82, 2.24) is 10.2 Å². The summed E-state index contributed by atoms with van der Waals surface area (Å²) < 4.78 is 12.1. The van der Waals surface area contributed by atoms with Crippen LogP contribution in [0.1, 0.15) is 43.7 Å². The molecule has 0 radical (unpaired) electrons. The summed E-state index contributed by atoms with van der Waals surface area (Å²) in [7, 11) is 1.59. The number of benzene rings is 2. The highest BCUT2D eigenvalue weighted by atomic mass is 16.5. The van der Waals surface area contributed by atoms with E-state index in [1.165, 1.54) is 0 Å². The van der Waals surface area contributed by atoms with Gasteiger partial charge in [0, 0.05) is 17.3 Å². The van der Waals surface area contributed by atoms with E-state index in [9.17, 15) is 14.4 Å². The van der Waals surface area contributed by atoms with Gasteiger partial charge in [0.1, 0.15) is 17.4 Å².